The molecule has 0 saturated carbocycles. The Kier molecular flexibility index (Phi) is 5.99. The number of hydrogen-bond donors (Lipinski definition) is 2. The molecule has 1 aliphatic carbocycles. The fourth-order valence-electron chi connectivity index (χ4n) is 3.97. The summed E-state index contributed by atoms with van der Waals surface area (Å²) in [5.41, 5.74) is 0.551. The summed E-state index contributed by atoms with van der Waals surface area (Å²) in [6.07, 6.45) is 6.01. The zero-order valence-corrected chi connectivity index (χ0v) is 18.4. The lowest BCUT2D eigenvalue weighted by Gasteiger charge is -2.35. The number of hydrogen-bond acceptors (Lipinski definition) is 6. The van der Waals surface area contributed by atoms with Crippen LogP contribution in [0.4, 0.5) is 15.9 Å². The standard InChI is InChI=1S/C23H22ClFN4O3/c1-29(23(22(30)31)8-3-4-9-23)12-14-10-15-18(11-19(14)32-2)26-13-27-21(15)28-17-7-5-6-16(24)20(17)25/h3-7,10-11,13H,8-9,12H2,1-2H3,(H,30,31)(H,26,27,28). The molecule has 7 nitrogen and oxygen atoms in total. The van der Waals surface area contributed by atoms with Crippen molar-refractivity contribution in [3.63, 3.8) is 0 Å². The van der Waals surface area contributed by atoms with Gasteiger partial charge in [0.2, 0.25) is 0 Å². The van der Waals surface area contributed by atoms with Gasteiger partial charge in [-0.15, -0.1) is 0 Å². The number of aromatic nitrogens is 2. The molecule has 9 heteroatoms. The van der Waals surface area contributed by atoms with Gasteiger partial charge in [0.1, 0.15) is 23.4 Å². The summed E-state index contributed by atoms with van der Waals surface area (Å²) in [6.45, 7) is 0.326. The van der Waals surface area contributed by atoms with E-state index < -0.39 is 17.3 Å². The van der Waals surface area contributed by atoms with Crippen LogP contribution < -0.4 is 10.1 Å². The highest BCUT2D eigenvalue weighted by Gasteiger charge is 2.43. The van der Waals surface area contributed by atoms with Crippen molar-refractivity contribution in [2.45, 2.75) is 24.9 Å². The zero-order chi connectivity index (χ0) is 22.9. The first-order chi connectivity index (χ1) is 15.4. The summed E-state index contributed by atoms with van der Waals surface area (Å²) in [6, 6.07) is 8.28. The molecule has 32 heavy (non-hydrogen) atoms. The molecule has 0 unspecified atom stereocenters. The van der Waals surface area contributed by atoms with E-state index in [-0.39, 0.29) is 10.7 Å². The number of benzene rings is 2. The Morgan fingerprint density at radius 1 is 1.31 bits per heavy atom. The predicted octanol–water partition coefficient (Wildman–Crippen LogP) is 4.78. The molecular weight excluding hydrogens is 435 g/mol. The summed E-state index contributed by atoms with van der Waals surface area (Å²) >= 11 is 5.90. The van der Waals surface area contributed by atoms with E-state index >= 15 is 0 Å². The first-order valence-electron chi connectivity index (χ1n) is 9.98. The minimum absolute atomic E-state index is 0.00138. The Hall–Kier alpha value is -3.23. The molecule has 0 radical (unpaired) electrons. The van der Waals surface area contributed by atoms with Gasteiger partial charge in [-0.25, -0.2) is 14.4 Å². The van der Waals surface area contributed by atoms with E-state index in [1.807, 2.05) is 23.1 Å². The van der Waals surface area contributed by atoms with Crippen molar-refractivity contribution >= 4 is 40.0 Å². The second kappa shape index (κ2) is 8.72. The monoisotopic (exact) mass is 456 g/mol. The topological polar surface area (TPSA) is 87.6 Å². The Labute approximate surface area is 189 Å². The number of carbonyl (C=O) groups is 1. The molecule has 0 amide bonds. The number of carboxylic acid groups (broad SMARTS) is 1. The molecule has 0 saturated heterocycles. The van der Waals surface area contributed by atoms with Crippen LogP contribution in [0.25, 0.3) is 10.9 Å². The fourth-order valence-corrected chi connectivity index (χ4v) is 4.14. The third-order valence-electron chi connectivity index (χ3n) is 5.86. The molecule has 166 valence electrons. The van der Waals surface area contributed by atoms with Gasteiger partial charge in [-0.1, -0.05) is 29.8 Å². The van der Waals surface area contributed by atoms with Gasteiger partial charge in [0.15, 0.2) is 5.82 Å². The fraction of sp³-hybridized carbons (Fsp3) is 0.261. The van der Waals surface area contributed by atoms with Crippen LogP contribution in [0.15, 0.2) is 48.8 Å². The van der Waals surface area contributed by atoms with Gasteiger partial charge >= 0.3 is 5.97 Å². The van der Waals surface area contributed by atoms with E-state index in [0.29, 0.717) is 41.9 Å². The molecule has 0 spiro atoms. The molecule has 0 bridgehead atoms. The van der Waals surface area contributed by atoms with E-state index in [0.717, 1.165) is 5.56 Å². The van der Waals surface area contributed by atoms with Crippen LogP contribution in [0.3, 0.4) is 0 Å². The second-order valence-corrected chi connectivity index (χ2v) is 8.11. The van der Waals surface area contributed by atoms with Gasteiger partial charge < -0.3 is 15.2 Å². The maximum atomic E-state index is 14.4. The normalized spacial score (nSPS) is 14.8. The van der Waals surface area contributed by atoms with Crippen LogP contribution >= 0.6 is 11.6 Å². The lowest BCUT2D eigenvalue weighted by atomic mass is 9.94. The van der Waals surface area contributed by atoms with Crippen molar-refractivity contribution in [1.82, 2.24) is 14.9 Å². The molecule has 0 atom stereocenters. The maximum absolute atomic E-state index is 14.4. The number of fused-ring (bicyclic) bond motifs is 1. The molecule has 1 heterocycles. The second-order valence-electron chi connectivity index (χ2n) is 7.70. The average molecular weight is 457 g/mol. The van der Waals surface area contributed by atoms with Crippen molar-refractivity contribution < 1.29 is 19.0 Å². The number of methoxy groups -OCH3 is 1. The molecule has 1 aromatic heterocycles. The lowest BCUT2D eigenvalue weighted by molar-refractivity contribution is -0.150. The molecular formula is C23H22ClFN4O3. The Morgan fingerprint density at radius 2 is 2.06 bits per heavy atom. The lowest BCUT2D eigenvalue weighted by Crippen LogP contribution is -2.50. The van der Waals surface area contributed by atoms with E-state index in [4.69, 9.17) is 16.3 Å². The van der Waals surface area contributed by atoms with E-state index in [1.165, 1.54) is 12.4 Å². The highest BCUT2D eigenvalue weighted by molar-refractivity contribution is 6.31. The summed E-state index contributed by atoms with van der Waals surface area (Å²) in [4.78, 5) is 22.4. The van der Waals surface area contributed by atoms with E-state index in [1.54, 1.807) is 32.4 Å². The number of anilines is 2. The molecule has 1 aliphatic rings. The third-order valence-corrected chi connectivity index (χ3v) is 6.15. The SMILES string of the molecule is COc1cc2ncnc(Nc3cccc(Cl)c3F)c2cc1CN(C)C1(C(=O)O)CC=CC1. The summed E-state index contributed by atoms with van der Waals surface area (Å²) < 4.78 is 20.0. The van der Waals surface area contributed by atoms with Crippen LogP contribution in [-0.2, 0) is 11.3 Å². The molecule has 0 aliphatic heterocycles. The first-order valence-corrected chi connectivity index (χ1v) is 10.4. The number of nitrogens with one attached hydrogen (secondary N) is 1. The van der Waals surface area contributed by atoms with Gasteiger partial charge in [0.05, 0.1) is 23.3 Å². The summed E-state index contributed by atoms with van der Waals surface area (Å²) in [7, 11) is 3.34. The number of rotatable bonds is 7. The van der Waals surface area contributed by atoms with Crippen molar-refractivity contribution in [1.29, 1.82) is 0 Å². The van der Waals surface area contributed by atoms with Crippen LogP contribution in [0.5, 0.6) is 5.75 Å². The summed E-state index contributed by atoms with van der Waals surface area (Å²) in [5.74, 6) is -0.467. The van der Waals surface area contributed by atoms with Gasteiger partial charge in [-0.05, 0) is 38.1 Å². The zero-order valence-electron chi connectivity index (χ0n) is 17.6. The molecule has 3 aromatic rings. The number of carboxylic acids is 1. The average Bonchev–Trinajstić information content (AvgIpc) is 3.28. The van der Waals surface area contributed by atoms with Crippen LogP contribution in [0.1, 0.15) is 18.4 Å². The molecule has 2 N–H and O–H groups in total. The van der Waals surface area contributed by atoms with Crippen molar-refractivity contribution in [3.8, 4) is 5.75 Å². The van der Waals surface area contributed by atoms with Gasteiger partial charge in [0, 0.05) is 23.6 Å². The summed E-state index contributed by atoms with van der Waals surface area (Å²) in [5, 5.41) is 13.5. The van der Waals surface area contributed by atoms with Crippen molar-refractivity contribution in [2.75, 3.05) is 19.5 Å². The predicted molar refractivity (Wildman–Crippen MR) is 121 cm³/mol. The maximum Gasteiger partial charge on any atom is 0.324 e. The minimum atomic E-state index is -1.00. The number of ether oxygens (including phenoxy) is 1. The number of nitrogens with zero attached hydrogens (tertiary/aromatic N) is 3. The first kappa shape index (κ1) is 22.0. The van der Waals surface area contributed by atoms with Crippen LogP contribution in [0, 0.1) is 5.82 Å². The highest BCUT2D eigenvalue weighted by Crippen LogP contribution is 2.35. The smallest absolute Gasteiger partial charge is 0.324 e. The Balaban J connectivity index is 1.74. The Bertz CT molecular complexity index is 1210. The van der Waals surface area contributed by atoms with Gasteiger partial charge in [0.25, 0.3) is 0 Å². The van der Waals surface area contributed by atoms with Gasteiger partial charge in [-0.2, -0.15) is 0 Å². The van der Waals surface area contributed by atoms with Gasteiger partial charge in [-0.3, -0.25) is 9.69 Å². The van der Waals surface area contributed by atoms with Crippen molar-refractivity contribution in [2.24, 2.45) is 0 Å². The highest BCUT2D eigenvalue weighted by atomic mass is 35.5. The number of aliphatic carboxylic acids is 1. The largest absolute Gasteiger partial charge is 0.496 e. The van der Waals surface area contributed by atoms with E-state index in [2.05, 4.69) is 15.3 Å². The van der Waals surface area contributed by atoms with Crippen molar-refractivity contribution in [3.05, 3.63) is 65.2 Å². The minimum Gasteiger partial charge on any atom is -0.496 e. The molecule has 4 rings (SSSR count). The third kappa shape index (κ3) is 3.87. The number of likely N-dealkylation sites (N-methyl/N-ethyl adjacent to an activating group) is 1. The van der Waals surface area contributed by atoms with E-state index in [9.17, 15) is 14.3 Å². The molecule has 0 fully saturated rings. The quantitative estimate of drug-likeness (QED) is 0.494. The molecule has 2 aromatic carbocycles. The Morgan fingerprint density at radius 3 is 2.75 bits per heavy atom. The number of halogens is 2. The van der Waals surface area contributed by atoms with Crippen LogP contribution in [-0.4, -0.2) is 45.6 Å². The van der Waals surface area contributed by atoms with Crippen LogP contribution in [0.2, 0.25) is 5.02 Å².